The molecule has 0 radical (unpaired) electrons. The predicted molar refractivity (Wildman–Crippen MR) is 59.6 cm³/mol. The summed E-state index contributed by atoms with van der Waals surface area (Å²) in [6.07, 6.45) is 2.83. The zero-order valence-corrected chi connectivity index (χ0v) is 9.88. The number of ether oxygens (including phenoxy) is 1. The number of hydrogen-bond acceptors (Lipinski definition) is 3. The molecular formula is C11H22N2O2. The van der Waals surface area contributed by atoms with Gasteiger partial charge >= 0.3 is 6.09 Å². The Balaban J connectivity index is 2.14. The van der Waals surface area contributed by atoms with Crippen molar-refractivity contribution in [1.82, 2.24) is 5.32 Å². The second-order valence-electron chi connectivity index (χ2n) is 5.26. The molecule has 0 spiro atoms. The molecule has 0 atom stereocenters. The minimum Gasteiger partial charge on any atom is -0.444 e. The Morgan fingerprint density at radius 1 is 1.47 bits per heavy atom. The van der Waals surface area contributed by atoms with Gasteiger partial charge in [-0.1, -0.05) is 0 Å². The van der Waals surface area contributed by atoms with Gasteiger partial charge in [0.15, 0.2) is 0 Å². The third-order valence-corrected chi connectivity index (χ3v) is 2.53. The van der Waals surface area contributed by atoms with E-state index < -0.39 is 5.60 Å². The number of amides is 1. The van der Waals surface area contributed by atoms with Crippen molar-refractivity contribution in [3.05, 3.63) is 0 Å². The molecule has 0 aromatic heterocycles. The topological polar surface area (TPSA) is 64.3 Å². The minimum absolute atomic E-state index is 0.288. The van der Waals surface area contributed by atoms with Crippen molar-refractivity contribution in [3.8, 4) is 0 Å². The second kappa shape index (κ2) is 4.84. The summed E-state index contributed by atoms with van der Waals surface area (Å²) in [6, 6.07) is 0.288. The number of nitrogens with one attached hydrogen (secondary N) is 1. The number of carbonyl (C=O) groups excluding carboxylic acids is 1. The molecule has 1 aliphatic rings. The summed E-state index contributed by atoms with van der Waals surface area (Å²) in [4.78, 5) is 11.4. The first-order valence-corrected chi connectivity index (χ1v) is 5.60. The zero-order chi connectivity index (χ0) is 11.5. The number of nitrogens with two attached hydrogens (primary N) is 1. The van der Waals surface area contributed by atoms with Gasteiger partial charge in [0.25, 0.3) is 0 Å². The molecule has 4 nitrogen and oxygen atoms in total. The smallest absolute Gasteiger partial charge is 0.407 e. The molecule has 1 rings (SSSR count). The summed E-state index contributed by atoms with van der Waals surface area (Å²) in [6.45, 7) is 6.34. The second-order valence-corrected chi connectivity index (χ2v) is 5.26. The maximum atomic E-state index is 11.4. The summed E-state index contributed by atoms with van der Waals surface area (Å²) < 4.78 is 5.16. The largest absolute Gasteiger partial charge is 0.444 e. The van der Waals surface area contributed by atoms with Crippen LogP contribution in [-0.2, 0) is 4.74 Å². The Bertz CT molecular complexity index is 217. The van der Waals surface area contributed by atoms with Crippen LogP contribution in [-0.4, -0.2) is 24.3 Å². The van der Waals surface area contributed by atoms with Crippen molar-refractivity contribution in [2.45, 2.75) is 51.7 Å². The van der Waals surface area contributed by atoms with Crippen molar-refractivity contribution in [1.29, 1.82) is 0 Å². The van der Waals surface area contributed by atoms with Crippen LogP contribution >= 0.6 is 0 Å². The van der Waals surface area contributed by atoms with Gasteiger partial charge in [0, 0.05) is 6.04 Å². The standard InChI is InChI=1S/C11H22N2O2/c1-11(2,3)15-10(14)13-9-6-8(7-9)4-5-12/h8-9H,4-7,12H2,1-3H3,(H,13,14)/t8-,9-. The van der Waals surface area contributed by atoms with Gasteiger partial charge in [0.2, 0.25) is 0 Å². The van der Waals surface area contributed by atoms with Gasteiger partial charge in [-0.2, -0.15) is 0 Å². The maximum absolute atomic E-state index is 11.4. The van der Waals surface area contributed by atoms with E-state index >= 15 is 0 Å². The first kappa shape index (κ1) is 12.3. The van der Waals surface area contributed by atoms with Gasteiger partial charge in [0.1, 0.15) is 5.60 Å². The molecule has 15 heavy (non-hydrogen) atoms. The van der Waals surface area contributed by atoms with E-state index in [1.807, 2.05) is 20.8 Å². The summed E-state index contributed by atoms with van der Waals surface area (Å²) in [5.41, 5.74) is 5.04. The highest BCUT2D eigenvalue weighted by Gasteiger charge is 2.30. The van der Waals surface area contributed by atoms with Gasteiger partial charge in [-0.25, -0.2) is 4.79 Å². The molecular weight excluding hydrogens is 192 g/mol. The molecule has 0 aliphatic heterocycles. The van der Waals surface area contributed by atoms with E-state index in [0.29, 0.717) is 5.92 Å². The first-order valence-electron chi connectivity index (χ1n) is 5.60. The molecule has 0 heterocycles. The van der Waals surface area contributed by atoms with Crippen LogP contribution < -0.4 is 11.1 Å². The van der Waals surface area contributed by atoms with E-state index in [1.54, 1.807) is 0 Å². The summed E-state index contributed by atoms with van der Waals surface area (Å²) in [5, 5.41) is 2.86. The highest BCUT2D eigenvalue weighted by atomic mass is 16.6. The number of alkyl carbamates (subject to hydrolysis) is 1. The molecule has 1 fully saturated rings. The zero-order valence-electron chi connectivity index (χ0n) is 9.88. The number of carbonyl (C=O) groups is 1. The van der Waals surface area contributed by atoms with E-state index in [9.17, 15) is 4.79 Å². The SMILES string of the molecule is CC(C)(C)OC(=O)N[C@H]1C[C@H](CCN)C1. The minimum atomic E-state index is -0.412. The van der Waals surface area contributed by atoms with Crippen molar-refractivity contribution >= 4 is 6.09 Å². The Hall–Kier alpha value is -0.770. The normalized spacial score (nSPS) is 25.6. The van der Waals surface area contributed by atoms with Crippen LogP contribution in [0.1, 0.15) is 40.0 Å². The molecule has 1 saturated carbocycles. The van der Waals surface area contributed by atoms with Gasteiger partial charge in [-0.15, -0.1) is 0 Å². The van der Waals surface area contributed by atoms with E-state index in [0.717, 1.165) is 25.8 Å². The van der Waals surface area contributed by atoms with Crippen LogP contribution in [0.2, 0.25) is 0 Å². The highest BCUT2D eigenvalue weighted by Crippen LogP contribution is 2.29. The lowest BCUT2D eigenvalue weighted by atomic mass is 9.78. The average molecular weight is 214 g/mol. The quantitative estimate of drug-likeness (QED) is 0.750. The van der Waals surface area contributed by atoms with Crippen LogP contribution in [0.5, 0.6) is 0 Å². The summed E-state index contributed by atoms with van der Waals surface area (Å²) in [5.74, 6) is 0.690. The lowest BCUT2D eigenvalue weighted by molar-refractivity contribution is 0.0450. The molecule has 0 aromatic rings. The molecule has 4 heteroatoms. The maximum Gasteiger partial charge on any atom is 0.407 e. The van der Waals surface area contributed by atoms with Gasteiger partial charge in [-0.3, -0.25) is 0 Å². The highest BCUT2D eigenvalue weighted by molar-refractivity contribution is 5.68. The Morgan fingerprint density at radius 2 is 2.07 bits per heavy atom. The molecule has 0 aromatic carbocycles. The summed E-state index contributed by atoms with van der Waals surface area (Å²) >= 11 is 0. The van der Waals surface area contributed by atoms with E-state index in [2.05, 4.69) is 5.32 Å². The van der Waals surface area contributed by atoms with E-state index in [-0.39, 0.29) is 12.1 Å². The fraction of sp³-hybridized carbons (Fsp3) is 0.909. The molecule has 88 valence electrons. The molecule has 0 bridgehead atoms. The number of rotatable bonds is 3. The Labute approximate surface area is 91.5 Å². The van der Waals surface area contributed by atoms with Crippen molar-refractivity contribution in [3.63, 3.8) is 0 Å². The van der Waals surface area contributed by atoms with Crippen molar-refractivity contribution in [2.75, 3.05) is 6.54 Å². The van der Waals surface area contributed by atoms with Crippen LogP contribution in [0, 0.1) is 5.92 Å². The lowest BCUT2D eigenvalue weighted by Gasteiger charge is -2.36. The third kappa shape index (κ3) is 4.51. The fourth-order valence-electron chi connectivity index (χ4n) is 1.80. The van der Waals surface area contributed by atoms with Crippen LogP contribution in [0.4, 0.5) is 4.79 Å². The molecule has 0 unspecified atom stereocenters. The van der Waals surface area contributed by atoms with Crippen molar-refractivity contribution in [2.24, 2.45) is 11.7 Å². The van der Waals surface area contributed by atoms with E-state index in [4.69, 9.17) is 10.5 Å². The molecule has 3 N–H and O–H groups in total. The Kier molecular flexibility index (Phi) is 3.97. The Morgan fingerprint density at radius 3 is 2.53 bits per heavy atom. The van der Waals surface area contributed by atoms with Crippen LogP contribution in [0.25, 0.3) is 0 Å². The number of hydrogen-bond donors (Lipinski definition) is 2. The van der Waals surface area contributed by atoms with Crippen LogP contribution in [0.3, 0.4) is 0 Å². The monoisotopic (exact) mass is 214 g/mol. The predicted octanol–water partition coefficient (Wildman–Crippen LogP) is 1.64. The lowest BCUT2D eigenvalue weighted by Crippen LogP contribution is -2.46. The fourth-order valence-corrected chi connectivity index (χ4v) is 1.80. The van der Waals surface area contributed by atoms with E-state index in [1.165, 1.54) is 0 Å². The molecule has 1 aliphatic carbocycles. The molecule has 1 amide bonds. The van der Waals surface area contributed by atoms with Crippen LogP contribution in [0.15, 0.2) is 0 Å². The third-order valence-electron chi connectivity index (χ3n) is 2.53. The van der Waals surface area contributed by atoms with Gasteiger partial charge < -0.3 is 15.8 Å². The average Bonchev–Trinajstić information content (AvgIpc) is 1.97. The summed E-state index contributed by atoms with van der Waals surface area (Å²) in [7, 11) is 0. The van der Waals surface area contributed by atoms with Gasteiger partial charge in [0.05, 0.1) is 0 Å². The van der Waals surface area contributed by atoms with Crippen molar-refractivity contribution < 1.29 is 9.53 Å². The first-order chi connectivity index (χ1) is 6.90. The van der Waals surface area contributed by atoms with Gasteiger partial charge in [-0.05, 0) is 52.5 Å². The molecule has 0 saturated heterocycles.